The van der Waals surface area contributed by atoms with Crippen LogP contribution in [0.3, 0.4) is 0 Å². The summed E-state index contributed by atoms with van der Waals surface area (Å²) in [4.78, 5) is 5.10. The molecule has 0 aliphatic carbocycles. The summed E-state index contributed by atoms with van der Waals surface area (Å²) in [6.45, 7) is 7.26. The van der Waals surface area contributed by atoms with Crippen molar-refractivity contribution in [2.45, 2.75) is 31.8 Å². The monoisotopic (exact) mass is 168 g/mol. The average molecular weight is 168 g/mol. The van der Waals surface area contributed by atoms with E-state index >= 15 is 0 Å². The topological polar surface area (TPSA) is 6.48 Å². The molecule has 2 unspecified atom stereocenters. The minimum Gasteiger partial charge on any atom is -0.300 e. The van der Waals surface area contributed by atoms with Gasteiger partial charge in [-0.25, -0.2) is 0 Å². The minimum atomic E-state index is 0.499. The van der Waals surface area contributed by atoms with Crippen molar-refractivity contribution in [1.29, 1.82) is 0 Å². The smallest absolute Gasteiger partial charge is 0.0372 e. The van der Waals surface area contributed by atoms with Crippen LogP contribution in [0.2, 0.25) is 0 Å². The van der Waals surface area contributed by atoms with Crippen molar-refractivity contribution in [2.75, 3.05) is 27.2 Å². The minimum absolute atomic E-state index is 0.499. The maximum atomic E-state index is 2.57. The second-order valence-electron chi connectivity index (χ2n) is 4.91. The van der Waals surface area contributed by atoms with Gasteiger partial charge in [0.2, 0.25) is 0 Å². The van der Waals surface area contributed by atoms with Crippen LogP contribution < -0.4 is 0 Å². The first-order valence-electron chi connectivity index (χ1n) is 4.98. The van der Waals surface area contributed by atoms with Gasteiger partial charge in [-0.2, -0.15) is 0 Å². The van der Waals surface area contributed by atoms with Crippen molar-refractivity contribution in [2.24, 2.45) is 5.92 Å². The van der Waals surface area contributed by atoms with E-state index in [2.05, 4.69) is 37.7 Å². The SMILES string of the molecule is CC(C)C12CC(CN1C)N(C)C2. The fourth-order valence-corrected chi connectivity index (χ4v) is 3.03. The van der Waals surface area contributed by atoms with E-state index in [1.54, 1.807) is 0 Å². The lowest BCUT2D eigenvalue weighted by atomic mass is 9.86. The second-order valence-corrected chi connectivity index (χ2v) is 4.91. The Morgan fingerprint density at radius 1 is 1.33 bits per heavy atom. The molecule has 0 N–H and O–H groups in total. The van der Waals surface area contributed by atoms with E-state index in [4.69, 9.17) is 0 Å². The molecule has 2 heteroatoms. The van der Waals surface area contributed by atoms with Gasteiger partial charge in [0.25, 0.3) is 0 Å². The first-order valence-corrected chi connectivity index (χ1v) is 4.98. The molecule has 2 aliphatic heterocycles. The Hall–Kier alpha value is -0.0800. The largest absolute Gasteiger partial charge is 0.300 e. The number of fused-ring (bicyclic) bond motifs is 2. The van der Waals surface area contributed by atoms with Crippen LogP contribution >= 0.6 is 0 Å². The summed E-state index contributed by atoms with van der Waals surface area (Å²) in [7, 11) is 4.55. The van der Waals surface area contributed by atoms with E-state index in [1.165, 1.54) is 19.5 Å². The molecule has 0 amide bonds. The fourth-order valence-electron chi connectivity index (χ4n) is 3.03. The number of likely N-dealkylation sites (tertiary alicyclic amines) is 2. The summed E-state index contributed by atoms with van der Waals surface area (Å²) in [6, 6.07) is 0.831. The fraction of sp³-hybridized carbons (Fsp3) is 1.00. The highest BCUT2D eigenvalue weighted by Crippen LogP contribution is 2.42. The highest BCUT2D eigenvalue weighted by molar-refractivity contribution is 5.10. The van der Waals surface area contributed by atoms with Crippen molar-refractivity contribution >= 4 is 0 Å². The predicted octanol–water partition coefficient (Wildman–Crippen LogP) is 1.03. The van der Waals surface area contributed by atoms with Gasteiger partial charge in [-0.1, -0.05) is 13.8 Å². The quantitative estimate of drug-likeness (QED) is 0.577. The van der Waals surface area contributed by atoms with E-state index in [0.29, 0.717) is 5.54 Å². The Balaban J connectivity index is 2.24. The van der Waals surface area contributed by atoms with E-state index < -0.39 is 0 Å². The molecule has 2 nitrogen and oxygen atoms in total. The van der Waals surface area contributed by atoms with Crippen LogP contribution in [0.25, 0.3) is 0 Å². The van der Waals surface area contributed by atoms with Gasteiger partial charge in [-0.05, 0) is 26.4 Å². The molecule has 0 saturated carbocycles. The molecule has 0 aromatic carbocycles. The summed E-state index contributed by atoms with van der Waals surface area (Å²) in [5, 5.41) is 0. The molecule has 2 bridgehead atoms. The number of hydrogen-bond acceptors (Lipinski definition) is 2. The van der Waals surface area contributed by atoms with Crippen molar-refractivity contribution < 1.29 is 0 Å². The lowest BCUT2D eigenvalue weighted by Crippen LogP contribution is -2.53. The first-order chi connectivity index (χ1) is 5.56. The average Bonchev–Trinajstić information content (AvgIpc) is 2.43. The molecule has 70 valence electrons. The molecule has 2 atom stereocenters. The molecule has 2 aliphatic rings. The summed E-state index contributed by atoms with van der Waals surface area (Å²) < 4.78 is 0. The molecule has 0 aromatic heterocycles. The molecule has 2 rings (SSSR count). The summed E-state index contributed by atoms with van der Waals surface area (Å²) in [5.41, 5.74) is 0.499. The molecule has 0 spiro atoms. The molecule has 0 aromatic rings. The highest BCUT2D eigenvalue weighted by Gasteiger charge is 2.53. The van der Waals surface area contributed by atoms with Crippen molar-refractivity contribution in [3.8, 4) is 0 Å². The maximum absolute atomic E-state index is 2.57. The molecular formula is C10H20N2. The van der Waals surface area contributed by atoms with Gasteiger partial charge in [0, 0.05) is 24.7 Å². The van der Waals surface area contributed by atoms with Crippen LogP contribution in [-0.4, -0.2) is 48.6 Å². The molecule has 12 heavy (non-hydrogen) atoms. The van der Waals surface area contributed by atoms with Gasteiger partial charge in [0.05, 0.1) is 0 Å². The lowest BCUT2D eigenvalue weighted by molar-refractivity contribution is 0.0678. The zero-order valence-electron chi connectivity index (χ0n) is 8.67. The van der Waals surface area contributed by atoms with Crippen molar-refractivity contribution in [3.63, 3.8) is 0 Å². The highest BCUT2D eigenvalue weighted by atomic mass is 15.4. The summed E-state index contributed by atoms with van der Waals surface area (Å²) in [5.74, 6) is 0.789. The number of hydrogen-bond donors (Lipinski definition) is 0. The molecule has 2 heterocycles. The van der Waals surface area contributed by atoms with E-state index in [0.717, 1.165) is 12.0 Å². The van der Waals surface area contributed by atoms with Crippen LogP contribution in [0.5, 0.6) is 0 Å². The van der Waals surface area contributed by atoms with Crippen molar-refractivity contribution in [3.05, 3.63) is 0 Å². The van der Waals surface area contributed by atoms with Crippen molar-refractivity contribution in [1.82, 2.24) is 9.80 Å². The summed E-state index contributed by atoms with van der Waals surface area (Å²) >= 11 is 0. The maximum Gasteiger partial charge on any atom is 0.0372 e. The lowest BCUT2D eigenvalue weighted by Gasteiger charge is -2.41. The van der Waals surface area contributed by atoms with Gasteiger partial charge in [-0.15, -0.1) is 0 Å². The summed E-state index contributed by atoms with van der Waals surface area (Å²) in [6.07, 6.45) is 1.39. The number of rotatable bonds is 1. The Kier molecular flexibility index (Phi) is 1.74. The van der Waals surface area contributed by atoms with Gasteiger partial charge in [0.1, 0.15) is 0 Å². The normalized spacial score (nSPS) is 43.2. The third-order valence-corrected chi connectivity index (χ3v) is 4.06. The molecule has 2 fully saturated rings. The van der Waals surface area contributed by atoms with Gasteiger partial charge in [0.15, 0.2) is 0 Å². The predicted molar refractivity (Wildman–Crippen MR) is 51.2 cm³/mol. The zero-order valence-corrected chi connectivity index (χ0v) is 8.67. The van der Waals surface area contributed by atoms with Gasteiger partial charge >= 0.3 is 0 Å². The third kappa shape index (κ3) is 0.882. The second kappa shape index (κ2) is 2.46. The van der Waals surface area contributed by atoms with Gasteiger partial charge < -0.3 is 4.90 Å². The molecule has 2 saturated heterocycles. The van der Waals surface area contributed by atoms with Crippen LogP contribution in [0.4, 0.5) is 0 Å². The van der Waals surface area contributed by atoms with E-state index in [9.17, 15) is 0 Å². The Morgan fingerprint density at radius 3 is 2.33 bits per heavy atom. The third-order valence-electron chi connectivity index (χ3n) is 4.06. The Morgan fingerprint density at radius 2 is 2.00 bits per heavy atom. The number of piperazine rings is 1. The molecule has 0 radical (unpaired) electrons. The molecular weight excluding hydrogens is 148 g/mol. The van der Waals surface area contributed by atoms with Crippen LogP contribution in [0.1, 0.15) is 20.3 Å². The van der Waals surface area contributed by atoms with E-state index in [1.807, 2.05) is 0 Å². The number of likely N-dealkylation sites (N-methyl/N-ethyl adjacent to an activating group) is 2. The Bertz CT molecular complexity index is 186. The van der Waals surface area contributed by atoms with Crippen LogP contribution in [-0.2, 0) is 0 Å². The Labute approximate surface area is 75.5 Å². The zero-order chi connectivity index (χ0) is 8.93. The van der Waals surface area contributed by atoms with Crippen LogP contribution in [0, 0.1) is 5.92 Å². The standard InChI is InChI=1S/C10H20N2/c1-8(2)10-5-9(6-12(10)4)11(3)7-10/h8-9H,5-7H2,1-4H3. The first kappa shape index (κ1) is 8.52. The number of nitrogens with zero attached hydrogens (tertiary/aromatic N) is 2. The van der Waals surface area contributed by atoms with Crippen LogP contribution in [0.15, 0.2) is 0 Å². The van der Waals surface area contributed by atoms with E-state index in [-0.39, 0.29) is 0 Å². The van der Waals surface area contributed by atoms with Gasteiger partial charge in [-0.3, -0.25) is 4.90 Å².